The molecule has 0 aliphatic rings. The predicted octanol–water partition coefficient (Wildman–Crippen LogP) is 5.08. The van der Waals surface area contributed by atoms with E-state index < -0.39 is 10.8 Å². The Hall–Kier alpha value is -3.36. The van der Waals surface area contributed by atoms with Crippen molar-refractivity contribution in [3.05, 3.63) is 85.1 Å². The van der Waals surface area contributed by atoms with E-state index >= 15 is 0 Å². The molecule has 31 heavy (non-hydrogen) atoms. The maximum absolute atomic E-state index is 12.5. The highest BCUT2D eigenvalue weighted by Crippen LogP contribution is 2.27. The summed E-state index contributed by atoms with van der Waals surface area (Å²) in [5.41, 5.74) is 5.59. The second-order valence-electron chi connectivity index (χ2n) is 6.60. The Kier molecular flexibility index (Phi) is 6.62. The van der Waals surface area contributed by atoms with Crippen molar-refractivity contribution in [1.29, 1.82) is 0 Å². The van der Waals surface area contributed by atoms with Crippen LogP contribution >= 0.6 is 23.2 Å². The molecule has 10 heteroatoms. The molecule has 160 valence electrons. The van der Waals surface area contributed by atoms with Gasteiger partial charge in [0.15, 0.2) is 0 Å². The lowest BCUT2D eigenvalue weighted by molar-refractivity contribution is -0.384. The number of hydrogen-bond acceptors (Lipinski definition) is 5. The van der Waals surface area contributed by atoms with Crippen LogP contribution in [-0.2, 0) is 0 Å². The molecule has 3 aromatic rings. The maximum atomic E-state index is 12.5. The van der Waals surface area contributed by atoms with E-state index in [1.807, 2.05) is 30.5 Å². The molecule has 1 aromatic heterocycles. The van der Waals surface area contributed by atoms with Gasteiger partial charge in [0.25, 0.3) is 11.6 Å². The van der Waals surface area contributed by atoms with Crippen molar-refractivity contribution in [1.82, 2.24) is 9.99 Å². The molecule has 2 aromatic carbocycles. The van der Waals surface area contributed by atoms with E-state index in [1.165, 1.54) is 25.5 Å². The molecule has 0 bridgehead atoms. The average Bonchev–Trinajstić information content (AvgIpc) is 3.02. The van der Waals surface area contributed by atoms with E-state index in [9.17, 15) is 14.9 Å². The quantitative estimate of drug-likeness (QED) is 0.314. The van der Waals surface area contributed by atoms with Gasteiger partial charge in [-0.3, -0.25) is 14.9 Å². The number of carbonyl (C=O) groups is 1. The van der Waals surface area contributed by atoms with Gasteiger partial charge in [0.1, 0.15) is 5.75 Å². The summed E-state index contributed by atoms with van der Waals surface area (Å²) in [6.45, 7) is 3.83. The number of benzene rings is 2. The Labute approximate surface area is 188 Å². The fourth-order valence-electron chi connectivity index (χ4n) is 3.15. The standard InChI is InChI=1S/C21H18Cl2N4O4/c1-12-8-14(13(2)26(12)15-4-6-18(22)19(23)10-15)11-24-25-21(28)17-9-16(27(29)30)5-7-20(17)31-3/h4-11H,1-3H3,(H,25,28)/b24-11-. The number of methoxy groups -OCH3 is 1. The first-order chi connectivity index (χ1) is 14.7. The number of aryl methyl sites for hydroxylation is 1. The molecule has 0 saturated heterocycles. The summed E-state index contributed by atoms with van der Waals surface area (Å²) in [7, 11) is 1.37. The van der Waals surface area contributed by atoms with Crippen LogP contribution < -0.4 is 10.2 Å². The van der Waals surface area contributed by atoms with Crippen molar-refractivity contribution in [2.45, 2.75) is 13.8 Å². The molecule has 1 heterocycles. The topological polar surface area (TPSA) is 98.8 Å². The predicted molar refractivity (Wildman–Crippen MR) is 120 cm³/mol. The number of nitro groups is 1. The Morgan fingerprint density at radius 3 is 2.55 bits per heavy atom. The summed E-state index contributed by atoms with van der Waals surface area (Å²) >= 11 is 12.1. The van der Waals surface area contributed by atoms with Crippen LogP contribution in [0.3, 0.4) is 0 Å². The Morgan fingerprint density at radius 1 is 1.16 bits per heavy atom. The van der Waals surface area contributed by atoms with E-state index in [4.69, 9.17) is 27.9 Å². The maximum Gasteiger partial charge on any atom is 0.275 e. The third kappa shape index (κ3) is 4.70. The first kappa shape index (κ1) is 22.3. The van der Waals surface area contributed by atoms with Gasteiger partial charge < -0.3 is 9.30 Å². The van der Waals surface area contributed by atoms with Crippen LogP contribution in [0.2, 0.25) is 10.0 Å². The number of halogens is 2. The normalized spacial score (nSPS) is 11.0. The van der Waals surface area contributed by atoms with E-state index in [2.05, 4.69) is 10.5 Å². The highest BCUT2D eigenvalue weighted by Gasteiger charge is 2.17. The minimum Gasteiger partial charge on any atom is -0.496 e. The summed E-state index contributed by atoms with van der Waals surface area (Å²) in [6.07, 6.45) is 1.50. The number of nitrogens with one attached hydrogen (secondary N) is 1. The Bertz CT molecular complexity index is 1200. The summed E-state index contributed by atoms with van der Waals surface area (Å²) in [5, 5.41) is 15.9. The van der Waals surface area contributed by atoms with Crippen molar-refractivity contribution in [3.63, 3.8) is 0 Å². The fourth-order valence-corrected chi connectivity index (χ4v) is 3.44. The molecule has 3 rings (SSSR count). The number of aromatic nitrogens is 1. The molecular weight excluding hydrogens is 443 g/mol. The lowest BCUT2D eigenvalue weighted by atomic mass is 10.1. The van der Waals surface area contributed by atoms with Crippen molar-refractivity contribution in [3.8, 4) is 11.4 Å². The third-order valence-electron chi connectivity index (χ3n) is 4.64. The highest BCUT2D eigenvalue weighted by atomic mass is 35.5. The van der Waals surface area contributed by atoms with Gasteiger partial charge in [0.2, 0.25) is 0 Å². The lowest BCUT2D eigenvalue weighted by Gasteiger charge is -2.10. The molecule has 0 aliphatic heterocycles. The zero-order valence-electron chi connectivity index (χ0n) is 16.8. The van der Waals surface area contributed by atoms with Crippen LogP contribution in [0.15, 0.2) is 47.6 Å². The summed E-state index contributed by atoms with van der Waals surface area (Å²) in [5.74, 6) is -0.425. The van der Waals surface area contributed by atoms with Gasteiger partial charge in [-0.2, -0.15) is 5.10 Å². The number of carbonyl (C=O) groups excluding carboxylic acids is 1. The Balaban J connectivity index is 1.84. The number of nitrogens with zero attached hydrogens (tertiary/aromatic N) is 3. The van der Waals surface area contributed by atoms with Gasteiger partial charge in [-0.1, -0.05) is 23.2 Å². The van der Waals surface area contributed by atoms with Crippen molar-refractivity contribution >= 4 is 41.0 Å². The third-order valence-corrected chi connectivity index (χ3v) is 5.38. The van der Waals surface area contributed by atoms with Crippen molar-refractivity contribution in [2.24, 2.45) is 5.10 Å². The minimum atomic E-state index is -0.630. The number of nitro benzene ring substituents is 1. The molecular formula is C21H18Cl2N4O4. The molecule has 0 radical (unpaired) electrons. The molecule has 0 spiro atoms. The first-order valence-corrected chi connectivity index (χ1v) is 9.78. The lowest BCUT2D eigenvalue weighted by Crippen LogP contribution is -2.18. The fraction of sp³-hybridized carbons (Fsp3) is 0.143. The van der Waals surface area contributed by atoms with Crippen molar-refractivity contribution < 1.29 is 14.5 Å². The zero-order valence-corrected chi connectivity index (χ0v) is 18.4. The van der Waals surface area contributed by atoms with Gasteiger partial charge >= 0.3 is 0 Å². The first-order valence-electron chi connectivity index (χ1n) is 9.03. The average molecular weight is 461 g/mol. The zero-order chi connectivity index (χ0) is 22.7. The molecule has 0 unspecified atom stereocenters. The van der Waals surface area contributed by atoms with Gasteiger partial charge in [-0.05, 0) is 44.2 Å². The van der Waals surface area contributed by atoms with Crippen LogP contribution in [0.5, 0.6) is 5.75 Å². The second kappa shape index (κ2) is 9.20. The van der Waals surface area contributed by atoms with E-state index in [1.54, 1.807) is 12.1 Å². The molecule has 1 N–H and O–H groups in total. The molecule has 8 nitrogen and oxygen atoms in total. The number of hydrazone groups is 1. The number of hydrogen-bond donors (Lipinski definition) is 1. The van der Waals surface area contributed by atoms with Gasteiger partial charge in [-0.25, -0.2) is 5.43 Å². The molecule has 0 aliphatic carbocycles. The van der Waals surface area contributed by atoms with E-state index in [0.29, 0.717) is 10.0 Å². The van der Waals surface area contributed by atoms with Crippen LogP contribution in [0, 0.1) is 24.0 Å². The SMILES string of the molecule is COc1ccc([N+](=O)[O-])cc1C(=O)N/N=C\c1cc(C)n(-c2ccc(Cl)c(Cl)c2)c1C. The Morgan fingerprint density at radius 2 is 1.90 bits per heavy atom. The van der Waals surface area contributed by atoms with Gasteiger partial charge in [0, 0.05) is 34.8 Å². The molecule has 0 atom stereocenters. The number of rotatable bonds is 6. The summed E-state index contributed by atoms with van der Waals surface area (Å²) < 4.78 is 7.09. The van der Waals surface area contributed by atoms with E-state index in [-0.39, 0.29) is 17.0 Å². The molecule has 0 saturated carbocycles. The highest BCUT2D eigenvalue weighted by molar-refractivity contribution is 6.42. The van der Waals surface area contributed by atoms with Gasteiger partial charge in [-0.15, -0.1) is 0 Å². The van der Waals surface area contributed by atoms with E-state index in [0.717, 1.165) is 28.7 Å². The van der Waals surface area contributed by atoms with Gasteiger partial charge in [0.05, 0.1) is 33.9 Å². The second-order valence-corrected chi connectivity index (χ2v) is 7.42. The molecule has 1 amide bonds. The number of amides is 1. The minimum absolute atomic E-state index is 0.00938. The smallest absolute Gasteiger partial charge is 0.275 e. The van der Waals surface area contributed by atoms with Crippen LogP contribution in [-0.4, -0.2) is 28.7 Å². The number of ether oxygens (including phenoxy) is 1. The summed E-state index contributed by atoms with van der Waals surface area (Å²) in [6, 6.07) is 11.0. The van der Waals surface area contributed by atoms with Crippen molar-refractivity contribution in [2.75, 3.05) is 7.11 Å². The monoisotopic (exact) mass is 460 g/mol. The van der Waals surface area contributed by atoms with Crippen LogP contribution in [0.1, 0.15) is 27.3 Å². The summed E-state index contributed by atoms with van der Waals surface area (Å²) in [4.78, 5) is 22.9. The largest absolute Gasteiger partial charge is 0.496 e. The van der Waals surface area contributed by atoms with Crippen LogP contribution in [0.25, 0.3) is 5.69 Å². The number of non-ortho nitro benzene ring substituents is 1. The van der Waals surface area contributed by atoms with Crippen LogP contribution in [0.4, 0.5) is 5.69 Å². The molecule has 0 fully saturated rings.